The van der Waals surface area contributed by atoms with Gasteiger partial charge in [0.25, 0.3) is 0 Å². The highest BCUT2D eigenvalue weighted by Gasteiger charge is 2.21. The highest BCUT2D eigenvalue weighted by Crippen LogP contribution is 2.23. The van der Waals surface area contributed by atoms with Crippen LogP contribution in [0.2, 0.25) is 0 Å². The van der Waals surface area contributed by atoms with Crippen molar-refractivity contribution < 1.29 is 9.59 Å². The summed E-state index contributed by atoms with van der Waals surface area (Å²) in [7, 11) is 0. The number of carbonyl (C=O) groups excluding carboxylic acids is 2. The van der Waals surface area contributed by atoms with Gasteiger partial charge in [0.15, 0.2) is 0 Å². The molecule has 0 aromatic carbocycles. The van der Waals surface area contributed by atoms with E-state index in [1.54, 1.807) is 12.4 Å². The number of pyridine rings is 1. The first-order chi connectivity index (χ1) is 9.75. The van der Waals surface area contributed by atoms with Gasteiger partial charge < -0.3 is 10.6 Å². The Labute approximate surface area is 119 Å². The second-order valence-corrected chi connectivity index (χ2v) is 5.18. The van der Waals surface area contributed by atoms with Crippen molar-refractivity contribution in [1.82, 2.24) is 15.6 Å². The predicted octanol–water partition coefficient (Wildman–Crippen LogP) is 1.39. The van der Waals surface area contributed by atoms with Crippen LogP contribution in [-0.4, -0.2) is 23.3 Å². The number of rotatable bonds is 5. The minimum Gasteiger partial charge on any atom is -0.350 e. The number of hydrogen-bond acceptors (Lipinski definition) is 3. The van der Waals surface area contributed by atoms with Crippen LogP contribution in [0, 0.1) is 5.92 Å². The summed E-state index contributed by atoms with van der Waals surface area (Å²) < 4.78 is 0. The van der Waals surface area contributed by atoms with Crippen molar-refractivity contribution in [2.24, 2.45) is 5.92 Å². The molecule has 2 amide bonds. The topological polar surface area (TPSA) is 71.1 Å². The van der Waals surface area contributed by atoms with E-state index in [1.807, 2.05) is 12.1 Å². The Morgan fingerprint density at radius 2 is 1.80 bits per heavy atom. The summed E-state index contributed by atoms with van der Waals surface area (Å²) in [6.45, 7) is 0.515. The van der Waals surface area contributed by atoms with Gasteiger partial charge in [-0.3, -0.25) is 14.6 Å². The molecule has 0 unspecified atom stereocenters. The van der Waals surface area contributed by atoms with Crippen molar-refractivity contribution in [3.05, 3.63) is 30.1 Å². The maximum Gasteiger partial charge on any atom is 0.239 e. The summed E-state index contributed by atoms with van der Waals surface area (Å²) >= 11 is 0. The molecule has 20 heavy (non-hydrogen) atoms. The first kappa shape index (κ1) is 14.5. The van der Waals surface area contributed by atoms with Gasteiger partial charge in [0, 0.05) is 24.9 Å². The zero-order valence-corrected chi connectivity index (χ0v) is 11.6. The summed E-state index contributed by atoms with van der Waals surface area (Å²) in [6.07, 6.45) is 8.72. The van der Waals surface area contributed by atoms with Crippen LogP contribution in [-0.2, 0) is 16.1 Å². The predicted molar refractivity (Wildman–Crippen MR) is 75.7 cm³/mol. The maximum absolute atomic E-state index is 11.9. The molecule has 108 valence electrons. The first-order valence-electron chi connectivity index (χ1n) is 7.19. The summed E-state index contributed by atoms with van der Waals surface area (Å²) in [4.78, 5) is 27.5. The Hall–Kier alpha value is -1.91. The lowest BCUT2D eigenvalue weighted by atomic mass is 9.89. The Morgan fingerprint density at radius 3 is 2.50 bits per heavy atom. The van der Waals surface area contributed by atoms with Crippen molar-refractivity contribution in [3.8, 4) is 0 Å². The molecule has 1 aromatic heterocycles. The molecular formula is C15H21N3O2. The fourth-order valence-corrected chi connectivity index (χ4v) is 2.44. The Balaban J connectivity index is 1.65. The number of hydrogen-bond donors (Lipinski definition) is 2. The Kier molecular flexibility index (Phi) is 5.53. The van der Waals surface area contributed by atoms with Crippen molar-refractivity contribution in [3.63, 3.8) is 0 Å². The van der Waals surface area contributed by atoms with Crippen LogP contribution in [0.15, 0.2) is 24.5 Å². The smallest absolute Gasteiger partial charge is 0.239 e. The van der Waals surface area contributed by atoms with E-state index >= 15 is 0 Å². The van der Waals surface area contributed by atoms with Gasteiger partial charge in [-0.2, -0.15) is 0 Å². The van der Waals surface area contributed by atoms with Gasteiger partial charge in [-0.25, -0.2) is 0 Å². The maximum atomic E-state index is 11.9. The van der Waals surface area contributed by atoms with Gasteiger partial charge in [-0.05, 0) is 30.5 Å². The second-order valence-electron chi connectivity index (χ2n) is 5.18. The quantitative estimate of drug-likeness (QED) is 0.853. The van der Waals surface area contributed by atoms with Crippen molar-refractivity contribution in [2.45, 2.75) is 38.6 Å². The number of amides is 2. The molecule has 1 saturated carbocycles. The average Bonchev–Trinajstić information content (AvgIpc) is 2.52. The Bertz CT molecular complexity index is 442. The van der Waals surface area contributed by atoms with E-state index < -0.39 is 0 Å². The standard InChI is InChI=1S/C15H21N3O2/c19-14(17-10-12-6-8-16-9-7-12)11-18-15(20)13-4-2-1-3-5-13/h6-9,13H,1-5,10-11H2,(H,17,19)(H,18,20). The van der Waals surface area contributed by atoms with Crippen LogP contribution in [0.3, 0.4) is 0 Å². The third kappa shape index (κ3) is 4.64. The highest BCUT2D eigenvalue weighted by atomic mass is 16.2. The van der Waals surface area contributed by atoms with Gasteiger partial charge in [0.2, 0.25) is 11.8 Å². The monoisotopic (exact) mass is 275 g/mol. The fourth-order valence-electron chi connectivity index (χ4n) is 2.44. The molecule has 1 heterocycles. The zero-order chi connectivity index (χ0) is 14.2. The molecule has 0 bridgehead atoms. The largest absolute Gasteiger partial charge is 0.350 e. The molecule has 0 saturated heterocycles. The summed E-state index contributed by atoms with van der Waals surface area (Å²) in [6, 6.07) is 3.70. The van der Waals surface area contributed by atoms with E-state index in [0.29, 0.717) is 6.54 Å². The van der Waals surface area contributed by atoms with Gasteiger partial charge >= 0.3 is 0 Å². The summed E-state index contributed by atoms with van der Waals surface area (Å²) in [5, 5.41) is 5.50. The SMILES string of the molecule is O=C(CNC(=O)C1CCCCC1)NCc1ccncc1. The van der Waals surface area contributed by atoms with Crippen LogP contribution < -0.4 is 10.6 Å². The zero-order valence-electron chi connectivity index (χ0n) is 11.6. The summed E-state index contributed by atoms with van der Waals surface area (Å²) in [5.74, 6) is -0.0496. The number of nitrogens with one attached hydrogen (secondary N) is 2. The summed E-state index contributed by atoms with van der Waals surface area (Å²) in [5.41, 5.74) is 0.993. The molecule has 5 heteroatoms. The molecular weight excluding hydrogens is 254 g/mol. The molecule has 0 atom stereocenters. The van der Waals surface area contributed by atoms with Crippen LogP contribution >= 0.6 is 0 Å². The molecule has 1 fully saturated rings. The highest BCUT2D eigenvalue weighted by molar-refractivity contribution is 5.85. The van der Waals surface area contributed by atoms with Gasteiger partial charge in [0.05, 0.1) is 6.54 Å². The molecule has 1 aliphatic carbocycles. The molecule has 0 aliphatic heterocycles. The number of nitrogens with zero attached hydrogens (tertiary/aromatic N) is 1. The minimum atomic E-state index is -0.161. The molecule has 0 radical (unpaired) electrons. The lowest BCUT2D eigenvalue weighted by molar-refractivity contribution is -0.129. The fraction of sp³-hybridized carbons (Fsp3) is 0.533. The molecule has 1 aliphatic rings. The third-order valence-corrected chi connectivity index (χ3v) is 3.64. The van der Waals surface area contributed by atoms with Crippen molar-refractivity contribution in [2.75, 3.05) is 6.54 Å². The van der Waals surface area contributed by atoms with E-state index in [4.69, 9.17) is 0 Å². The lowest BCUT2D eigenvalue weighted by Gasteiger charge is -2.20. The van der Waals surface area contributed by atoms with Gasteiger partial charge in [0.1, 0.15) is 0 Å². The molecule has 1 aromatic rings. The van der Waals surface area contributed by atoms with E-state index in [1.165, 1.54) is 6.42 Å². The lowest BCUT2D eigenvalue weighted by Crippen LogP contribution is -2.39. The molecule has 5 nitrogen and oxygen atoms in total. The van der Waals surface area contributed by atoms with Crippen molar-refractivity contribution >= 4 is 11.8 Å². The van der Waals surface area contributed by atoms with E-state index in [0.717, 1.165) is 31.2 Å². The first-order valence-corrected chi connectivity index (χ1v) is 7.19. The van der Waals surface area contributed by atoms with E-state index in [9.17, 15) is 9.59 Å². The van der Waals surface area contributed by atoms with Gasteiger partial charge in [-0.15, -0.1) is 0 Å². The molecule has 2 N–H and O–H groups in total. The second kappa shape index (κ2) is 7.62. The third-order valence-electron chi connectivity index (χ3n) is 3.64. The Morgan fingerprint density at radius 1 is 1.10 bits per heavy atom. The van der Waals surface area contributed by atoms with Crippen LogP contribution in [0.25, 0.3) is 0 Å². The van der Waals surface area contributed by atoms with E-state index in [2.05, 4.69) is 15.6 Å². The normalized spacial score (nSPS) is 15.6. The van der Waals surface area contributed by atoms with Crippen LogP contribution in [0.5, 0.6) is 0 Å². The molecule has 2 rings (SSSR count). The number of aromatic nitrogens is 1. The van der Waals surface area contributed by atoms with Gasteiger partial charge in [-0.1, -0.05) is 19.3 Å². The van der Waals surface area contributed by atoms with Crippen LogP contribution in [0.4, 0.5) is 0 Å². The van der Waals surface area contributed by atoms with Crippen molar-refractivity contribution in [1.29, 1.82) is 0 Å². The molecule has 0 spiro atoms. The minimum absolute atomic E-state index is 0.0174. The van der Waals surface area contributed by atoms with E-state index in [-0.39, 0.29) is 24.3 Å². The average molecular weight is 275 g/mol. The number of carbonyl (C=O) groups is 2. The van der Waals surface area contributed by atoms with Crippen LogP contribution in [0.1, 0.15) is 37.7 Å².